The van der Waals surface area contributed by atoms with Crippen molar-refractivity contribution in [3.63, 3.8) is 0 Å². The first-order chi connectivity index (χ1) is 30.0. The molecule has 6 atom stereocenters. The number of aromatic nitrogens is 1. The molecule has 1 aliphatic heterocycles. The lowest BCUT2D eigenvalue weighted by molar-refractivity contribution is -0.162. The van der Waals surface area contributed by atoms with Gasteiger partial charge in [-0.3, -0.25) is 24.0 Å². The fourth-order valence-corrected chi connectivity index (χ4v) is 6.96. The Labute approximate surface area is 375 Å². The molecule has 0 aliphatic carbocycles. The second kappa shape index (κ2) is 22.6. The predicted octanol–water partition coefficient (Wildman–Crippen LogP) is 4.51. The van der Waals surface area contributed by atoms with E-state index in [1.54, 1.807) is 85.9 Å². The molecule has 17 nitrogen and oxygen atoms in total. The number of ether oxygens (including phenoxy) is 4. The van der Waals surface area contributed by atoms with Gasteiger partial charge in [-0.25, -0.2) is 9.59 Å². The topological polar surface area (TPSA) is 232 Å². The molecule has 0 bridgehead atoms. The molecule has 4 amide bonds. The first kappa shape index (κ1) is 50.7. The van der Waals surface area contributed by atoms with E-state index in [0.29, 0.717) is 5.56 Å². The first-order valence-electron chi connectivity index (χ1n) is 21.8. The molecule has 17 heteroatoms. The van der Waals surface area contributed by atoms with Gasteiger partial charge in [0.1, 0.15) is 48.1 Å². The van der Waals surface area contributed by atoms with Gasteiger partial charge < -0.3 is 50.5 Å². The first-order valence-corrected chi connectivity index (χ1v) is 21.8. The van der Waals surface area contributed by atoms with Gasteiger partial charge in [0.15, 0.2) is 0 Å². The number of carbonyl (C=O) groups excluding carboxylic acids is 7. The van der Waals surface area contributed by atoms with Crippen molar-refractivity contribution in [1.82, 2.24) is 31.6 Å². The zero-order valence-corrected chi connectivity index (χ0v) is 38.6. The Kier molecular flexibility index (Phi) is 17.9. The van der Waals surface area contributed by atoms with Gasteiger partial charge in [0.2, 0.25) is 23.6 Å². The fourth-order valence-electron chi connectivity index (χ4n) is 6.96. The zero-order chi connectivity index (χ0) is 47.4. The molecule has 0 saturated carbocycles. The quantitative estimate of drug-likeness (QED) is 0.0722. The molecule has 1 aliphatic rings. The molecule has 0 radical (unpaired) electrons. The van der Waals surface area contributed by atoms with Crippen molar-refractivity contribution in [2.24, 2.45) is 11.8 Å². The number of aromatic amines is 1. The summed E-state index contributed by atoms with van der Waals surface area (Å²) >= 11 is 0. The van der Waals surface area contributed by atoms with E-state index in [2.05, 4.69) is 31.6 Å². The molecule has 0 unspecified atom stereocenters. The van der Waals surface area contributed by atoms with Crippen molar-refractivity contribution in [1.29, 1.82) is 0 Å². The number of para-hydroxylation sites is 1. The molecule has 4 rings (SSSR count). The third-order valence-electron chi connectivity index (χ3n) is 10.00. The Morgan fingerprint density at radius 2 is 1.34 bits per heavy atom. The average Bonchev–Trinajstić information content (AvgIpc) is 3.84. The van der Waals surface area contributed by atoms with Gasteiger partial charge in [0.05, 0.1) is 12.5 Å². The van der Waals surface area contributed by atoms with Crippen LogP contribution in [-0.2, 0) is 60.7 Å². The summed E-state index contributed by atoms with van der Waals surface area (Å²) in [6.07, 6.45) is -0.0305. The van der Waals surface area contributed by atoms with Crippen molar-refractivity contribution in [3.05, 3.63) is 71.9 Å². The van der Waals surface area contributed by atoms with Crippen molar-refractivity contribution >= 4 is 52.6 Å². The summed E-state index contributed by atoms with van der Waals surface area (Å²) in [4.78, 5) is 98.2. The van der Waals surface area contributed by atoms with Crippen LogP contribution in [0.1, 0.15) is 99.6 Å². The van der Waals surface area contributed by atoms with Crippen molar-refractivity contribution < 1.29 is 52.5 Å². The molecule has 2 aromatic carbocycles. The highest BCUT2D eigenvalue weighted by Crippen LogP contribution is 2.21. The van der Waals surface area contributed by atoms with Gasteiger partial charge in [-0.2, -0.15) is 0 Å². The summed E-state index contributed by atoms with van der Waals surface area (Å²) in [7, 11) is 0. The van der Waals surface area contributed by atoms with E-state index in [1.807, 2.05) is 44.2 Å². The van der Waals surface area contributed by atoms with E-state index in [1.165, 1.54) is 0 Å². The SMILES string of the molecule is CC(C)C[C@H](NC(=O)[C@H](NC(=O)[C@@H]1C[C@@H](OC(=O)OC(C)(C)C)CN1)C(C)C)C(=O)N[C@H](Cc1c[nH]c2ccccc12)C(=O)N[C@H](CC(=O)OCc1ccccc1)C(=O)OC(C)(C)C. The number of hydrogen-bond acceptors (Lipinski definition) is 12. The summed E-state index contributed by atoms with van der Waals surface area (Å²) in [6.45, 7) is 17.5. The smallest absolute Gasteiger partial charge is 0.461 e. The molecule has 1 fully saturated rings. The monoisotopic (exact) mass is 890 g/mol. The van der Waals surface area contributed by atoms with Gasteiger partial charge in [-0.1, -0.05) is 76.2 Å². The normalized spacial score (nSPS) is 17.1. The molecule has 3 aromatic rings. The van der Waals surface area contributed by atoms with Gasteiger partial charge in [0, 0.05) is 36.5 Å². The van der Waals surface area contributed by atoms with E-state index in [9.17, 15) is 33.6 Å². The number of amides is 4. The largest absolute Gasteiger partial charge is 0.509 e. The highest BCUT2D eigenvalue weighted by atomic mass is 16.7. The van der Waals surface area contributed by atoms with Crippen LogP contribution in [-0.4, -0.2) is 101 Å². The lowest BCUT2D eigenvalue weighted by atomic mass is 9.98. The summed E-state index contributed by atoms with van der Waals surface area (Å²) < 4.78 is 21.6. The molecular weight excluding hydrogens is 825 g/mol. The van der Waals surface area contributed by atoms with Crippen LogP contribution in [0.15, 0.2) is 60.8 Å². The van der Waals surface area contributed by atoms with E-state index >= 15 is 0 Å². The lowest BCUT2D eigenvalue weighted by Crippen LogP contribution is -2.60. The molecule has 1 saturated heterocycles. The molecule has 350 valence electrons. The molecule has 6 N–H and O–H groups in total. The molecule has 0 spiro atoms. The molecule has 1 aromatic heterocycles. The number of benzene rings is 2. The Bertz CT molecular complexity index is 2090. The average molecular weight is 891 g/mol. The molecule has 64 heavy (non-hydrogen) atoms. The minimum Gasteiger partial charge on any atom is -0.461 e. The van der Waals surface area contributed by atoms with Crippen molar-refractivity contribution in [3.8, 4) is 0 Å². The van der Waals surface area contributed by atoms with Crippen LogP contribution in [0.2, 0.25) is 0 Å². The number of rotatable bonds is 19. The number of carbonyl (C=O) groups is 7. The summed E-state index contributed by atoms with van der Waals surface area (Å²) in [5.74, 6) is -4.74. The number of H-pyrrole nitrogens is 1. The second-order valence-electron chi connectivity index (χ2n) is 18.9. The van der Waals surface area contributed by atoms with Gasteiger partial charge in [0.25, 0.3) is 0 Å². The second-order valence-corrected chi connectivity index (χ2v) is 18.9. The highest BCUT2D eigenvalue weighted by molar-refractivity contribution is 5.96. The standard InChI is InChI=1S/C47H66N6O11/c1-27(2)20-35(51-43(58)39(28(3)4)53-40(55)34-22-31(25-49-34)62-45(60)64-47(8,9)10)41(56)50-36(21-30-24-48-33-19-15-14-18-32(30)33)42(57)52-37(44(59)63-46(5,6)7)23-38(54)61-26-29-16-12-11-13-17-29/h11-19,24,27-28,31,34-37,39,48-49H,20-23,25-26H2,1-10H3,(H,50,56)(H,51,58)(H,52,57)(H,53,55)/t31-,34+,35+,36-,37-,39-/m1/s1. The lowest BCUT2D eigenvalue weighted by Gasteiger charge is -2.29. The number of fused-ring (bicyclic) bond motifs is 1. The van der Waals surface area contributed by atoms with Gasteiger partial charge >= 0.3 is 18.1 Å². The third-order valence-corrected chi connectivity index (χ3v) is 10.00. The van der Waals surface area contributed by atoms with Crippen LogP contribution in [0.3, 0.4) is 0 Å². The van der Waals surface area contributed by atoms with Crippen LogP contribution in [0, 0.1) is 11.8 Å². The number of nitrogens with one attached hydrogen (secondary N) is 6. The van der Waals surface area contributed by atoms with E-state index in [0.717, 1.165) is 16.5 Å². The van der Waals surface area contributed by atoms with Crippen molar-refractivity contribution in [2.75, 3.05) is 6.54 Å². The predicted molar refractivity (Wildman–Crippen MR) is 238 cm³/mol. The highest BCUT2D eigenvalue weighted by Gasteiger charge is 2.38. The molecule has 2 heterocycles. The maximum absolute atomic E-state index is 14.4. The van der Waals surface area contributed by atoms with Crippen LogP contribution in [0.4, 0.5) is 4.79 Å². The Hall–Kier alpha value is -5.97. The third kappa shape index (κ3) is 16.3. The van der Waals surface area contributed by atoms with Crippen LogP contribution in [0.25, 0.3) is 10.9 Å². The summed E-state index contributed by atoms with van der Waals surface area (Å²) in [5.41, 5.74) is 0.483. The summed E-state index contributed by atoms with van der Waals surface area (Å²) in [6, 6.07) is 10.6. The van der Waals surface area contributed by atoms with Crippen LogP contribution in [0.5, 0.6) is 0 Å². The zero-order valence-electron chi connectivity index (χ0n) is 38.6. The van der Waals surface area contributed by atoms with Crippen molar-refractivity contribution in [2.45, 2.75) is 149 Å². The minimum atomic E-state index is -1.48. The fraction of sp³-hybridized carbons (Fsp3) is 0.553. The minimum absolute atomic E-state index is 0.0406. The van der Waals surface area contributed by atoms with Gasteiger partial charge in [-0.05, 0) is 77.0 Å². The van der Waals surface area contributed by atoms with Crippen LogP contribution >= 0.6 is 0 Å². The molecular formula is C47H66N6O11. The Morgan fingerprint density at radius 3 is 1.98 bits per heavy atom. The Balaban J connectivity index is 1.53. The number of hydrogen-bond donors (Lipinski definition) is 6. The maximum atomic E-state index is 14.4. The number of esters is 2. The van der Waals surface area contributed by atoms with Crippen LogP contribution < -0.4 is 26.6 Å². The van der Waals surface area contributed by atoms with Gasteiger partial charge in [-0.15, -0.1) is 0 Å². The van der Waals surface area contributed by atoms with E-state index in [-0.39, 0.29) is 38.3 Å². The van der Waals surface area contributed by atoms with E-state index < -0.39 is 102 Å². The van der Waals surface area contributed by atoms with E-state index in [4.69, 9.17) is 18.9 Å². The maximum Gasteiger partial charge on any atom is 0.509 e. The Morgan fingerprint density at radius 1 is 0.734 bits per heavy atom. The summed E-state index contributed by atoms with van der Waals surface area (Å²) in [5, 5.41) is 14.9.